The van der Waals surface area contributed by atoms with E-state index in [4.69, 9.17) is 10.5 Å². The van der Waals surface area contributed by atoms with Crippen LogP contribution in [0.1, 0.15) is 16.1 Å². The predicted molar refractivity (Wildman–Crippen MR) is 72.7 cm³/mol. The van der Waals surface area contributed by atoms with Gasteiger partial charge >= 0.3 is 0 Å². The first-order chi connectivity index (χ1) is 9.11. The number of hydrogen-bond acceptors (Lipinski definition) is 4. The molecule has 0 saturated carbocycles. The number of hydrogen-bond donors (Lipinski definition) is 2. The van der Waals surface area contributed by atoms with Gasteiger partial charge in [-0.3, -0.25) is 9.48 Å². The summed E-state index contributed by atoms with van der Waals surface area (Å²) in [6.07, 6.45) is 1.45. The van der Waals surface area contributed by atoms with Gasteiger partial charge in [0.05, 0.1) is 18.5 Å². The molecule has 100 valence electrons. The van der Waals surface area contributed by atoms with Crippen LogP contribution >= 0.6 is 0 Å². The number of aromatic nitrogens is 2. The van der Waals surface area contributed by atoms with Crippen molar-refractivity contribution >= 4 is 17.3 Å². The molecule has 0 bridgehead atoms. The lowest BCUT2D eigenvalue weighted by Crippen LogP contribution is -2.17. The highest BCUT2D eigenvalue weighted by atomic mass is 16.5. The highest BCUT2D eigenvalue weighted by Crippen LogP contribution is 2.15. The van der Waals surface area contributed by atoms with Gasteiger partial charge in [0.2, 0.25) is 0 Å². The fourth-order valence-electron chi connectivity index (χ4n) is 1.83. The van der Waals surface area contributed by atoms with Crippen LogP contribution in [-0.4, -0.2) is 22.8 Å². The van der Waals surface area contributed by atoms with Gasteiger partial charge in [0, 0.05) is 19.8 Å². The molecule has 0 aliphatic carbocycles. The van der Waals surface area contributed by atoms with Crippen LogP contribution in [0.4, 0.5) is 11.4 Å². The SMILES string of the molecule is COCc1cccc(NC(=O)c2c(N)cnn2C)c1. The van der Waals surface area contributed by atoms with Crippen LogP contribution in [0.3, 0.4) is 0 Å². The number of anilines is 2. The van der Waals surface area contributed by atoms with E-state index in [0.717, 1.165) is 5.56 Å². The van der Waals surface area contributed by atoms with Crippen molar-refractivity contribution in [2.24, 2.45) is 7.05 Å². The lowest BCUT2D eigenvalue weighted by molar-refractivity contribution is 0.101. The fraction of sp³-hybridized carbons (Fsp3) is 0.231. The maximum atomic E-state index is 12.1. The summed E-state index contributed by atoms with van der Waals surface area (Å²) in [6.45, 7) is 0.498. The number of methoxy groups -OCH3 is 1. The summed E-state index contributed by atoms with van der Waals surface area (Å²) in [6, 6.07) is 7.45. The van der Waals surface area contributed by atoms with Crippen LogP contribution in [0.15, 0.2) is 30.5 Å². The molecule has 19 heavy (non-hydrogen) atoms. The lowest BCUT2D eigenvalue weighted by atomic mass is 10.2. The molecule has 0 fully saturated rings. The molecule has 0 aliphatic heterocycles. The minimum Gasteiger partial charge on any atom is -0.396 e. The van der Waals surface area contributed by atoms with Crippen molar-refractivity contribution < 1.29 is 9.53 Å². The number of aryl methyl sites for hydroxylation is 1. The molecule has 6 nitrogen and oxygen atoms in total. The van der Waals surface area contributed by atoms with Gasteiger partial charge in [-0.25, -0.2) is 0 Å². The number of nitrogens with two attached hydrogens (primary N) is 1. The zero-order valence-electron chi connectivity index (χ0n) is 10.9. The van der Waals surface area contributed by atoms with Crippen molar-refractivity contribution in [3.05, 3.63) is 41.7 Å². The predicted octanol–water partition coefficient (Wildman–Crippen LogP) is 1.40. The highest BCUT2D eigenvalue weighted by molar-refractivity contribution is 6.06. The van der Waals surface area contributed by atoms with Crippen LogP contribution < -0.4 is 11.1 Å². The van der Waals surface area contributed by atoms with Crippen LogP contribution in [0, 0.1) is 0 Å². The smallest absolute Gasteiger partial charge is 0.276 e. The third-order valence-electron chi connectivity index (χ3n) is 2.68. The second-order valence-corrected chi connectivity index (χ2v) is 4.16. The Morgan fingerprint density at radius 3 is 2.95 bits per heavy atom. The first-order valence-electron chi connectivity index (χ1n) is 5.78. The van der Waals surface area contributed by atoms with Gasteiger partial charge in [0.15, 0.2) is 0 Å². The maximum absolute atomic E-state index is 12.1. The second-order valence-electron chi connectivity index (χ2n) is 4.16. The standard InChI is InChI=1S/C13H16N4O2/c1-17-12(11(14)7-15-17)13(18)16-10-5-3-4-9(6-10)8-19-2/h3-7H,8,14H2,1-2H3,(H,16,18). The van der Waals surface area contributed by atoms with E-state index in [1.165, 1.54) is 10.9 Å². The Labute approximate surface area is 111 Å². The number of carbonyl (C=O) groups is 1. The molecule has 0 radical (unpaired) electrons. The highest BCUT2D eigenvalue weighted by Gasteiger charge is 2.14. The first kappa shape index (κ1) is 13.1. The van der Waals surface area contributed by atoms with Gasteiger partial charge in [-0.2, -0.15) is 5.10 Å². The minimum atomic E-state index is -0.285. The van der Waals surface area contributed by atoms with Crippen molar-refractivity contribution in [1.82, 2.24) is 9.78 Å². The third-order valence-corrected chi connectivity index (χ3v) is 2.68. The van der Waals surface area contributed by atoms with Crippen molar-refractivity contribution in [2.45, 2.75) is 6.61 Å². The maximum Gasteiger partial charge on any atom is 0.276 e. The largest absolute Gasteiger partial charge is 0.396 e. The summed E-state index contributed by atoms with van der Waals surface area (Å²) in [5, 5.41) is 6.73. The number of nitrogen functional groups attached to an aromatic ring is 1. The molecule has 2 aromatic rings. The Kier molecular flexibility index (Phi) is 3.82. The molecule has 0 atom stereocenters. The van der Waals surface area contributed by atoms with E-state index in [1.54, 1.807) is 14.2 Å². The van der Waals surface area contributed by atoms with Crippen LogP contribution in [0.25, 0.3) is 0 Å². The van der Waals surface area contributed by atoms with Crippen molar-refractivity contribution in [1.29, 1.82) is 0 Å². The number of nitrogens with one attached hydrogen (secondary N) is 1. The van der Waals surface area contributed by atoms with E-state index in [2.05, 4.69) is 10.4 Å². The molecule has 1 aromatic carbocycles. The van der Waals surface area contributed by atoms with Crippen molar-refractivity contribution in [2.75, 3.05) is 18.2 Å². The first-order valence-corrected chi connectivity index (χ1v) is 5.78. The topological polar surface area (TPSA) is 82.2 Å². The molecular formula is C13H16N4O2. The molecule has 6 heteroatoms. The summed E-state index contributed by atoms with van der Waals surface area (Å²) in [4.78, 5) is 12.1. The third kappa shape index (κ3) is 2.92. The Morgan fingerprint density at radius 2 is 2.32 bits per heavy atom. The number of ether oxygens (including phenoxy) is 1. The molecule has 1 amide bonds. The van der Waals surface area contributed by atoms with E-state index in [0.29, 0.717) is 23.7 Å². The lowest BCUT2D eigenvalue weighted by Gasteiger charge is -2.08. The zero-order valence-corrected chi connectivity index (χ0v) is 10.9. The molecule has 0 spiro atoms. The number of nitrogens with zero attached hydrogens (tertiary/aromatic N) is 2. The van der Waals surface area contributed by atoms with E-state index < -0.39 is 0 Å². The van der Waals surface area contributed by atoms with Gasteiger partial charge in [0.25, 0.3) is 5.91 Å². The number of benzene rings is 1. The molecule has 0 saturated heterocycles. The quantitative estimate of drug-likeness (QED) is 0.870. The van der Waals surface area contributed by atoms with Crippen molar-refractivity contribution in [3.8, 4) is 0 Å². The average Bonchev–Trinajstić information content (AvgIpc) is 2.70. The van der Waals surface area contributed by atoms with Crippen molar-refractivity contribution in [3.63, 3.8) is 0 Å². The summed E-state index contributed by atoms with van der Waals surface area (Å²) in [5.74, 6) is -0.285. The van der Waals surface area contributed by atoms with E-state index in [9.17, 15) is 4.79 Å². The molecule has 1 aromatic heterocycles. The second kappa shape index (κ2) is 5.53. The average molecular weight is 260 g/mol. The van der Waals surface area contributed by atoms with E-state index in [-0.39, 0.29) is 5.91 Å². The summed E-state index contributed by atoms with van der Waals surface area (Å²) in [7, 11) is 3.30. The normalized spacial score (nSPS) is 10.4. The zero-order chi connectivity index (χ0) is 13.8. The Morgan fingerprint density at radius 1 is 1.53 bits per heavy atom. The molecule has 3 N–H and O–H groups in total. The molecular weight excluding hydrogens is 244 g/mol. The minimum absolute atomic E-state index is 0.285. The van der Waals surface area contributed by atoms with Gasteiger partial charge in [-0.15, -0.1) is 0 Å². The molecule has 0 aliphatic rings. The van der Waals surface area contributed by atoms with Crippen LogP contribution in [0.2, 0.25) is 0 Å². The van der Waals surface area contributed by atoms with Gasteiger partial charge in [-0.1, -0.05) is 12.1 Å². The van der Waals surface area contributed by atoms with Crippen LogP contribution in [-0.2, 0) is 18.4 Å². The molecule has 1 heterocycles. The Bertz CT molecular complexity index is 573. The van der Waals surface area contributed by atoms with E-state index in [1.807, 2.05) is 24.3 Å². The van der Waals surface area contributed by atoms with Gasteiger partial charge in [0.1, 0.15) is 5.69 Å². The number of amides is 1. The Hall–Kier alpha value is -2.34. The summed E-state index contributed by atoms with van der Waals surface area (Å²) >= 11 is 0. The van der Waals surface area contributed by atoms with E-state index >= 15 is 0 Å². The summed E-state index contributed by atoms with van der Waals surface area (Å²) in [5.41, 5.74) is 8.09. The fourth-order valence-corrected chi connectivity index (χ4v) is 1.83. The molecule has 0 unspecified atom stereocenters. The molecule has 2 rings (SSSR count). The van der Waals surface area contributed by atoms with Gasteiger partial charge in [-0.05, 0) is 17.7 Å². The Balaban J connectivity index is 2.17. The number of rotatable bonds is 4. The number of carbonyl (C=O) groups excluding carboxylic acids is 1. The summed E-state index contributed by atoms with van der Waals surface area (Å²) < 4.78 is 6.50. The van der Waals surface area contributed by atoms with Gasteiger partial charge < -0.3 is 15.8 Å². The van der Waals surface area contributed by atoms with Crippen LogP contribution in [0.5, 0.6) is 0 Å². The monoisotopic (exact) mass is 260 g/mol.